The minimum absolute atomic E-state index is 0.0000775. The van der Waals surface area contributed by atoms with Gasteiger partial charge in [-0.2, -0.15) is 0 Å². The first kappa shape index (κ1) is 10.9. The van der Waals surface area contributed by atoms with E-state index < -0.39 is 12.3 Å². The summed E-state index contributed by atoms with van der Waals surface area (Å²) in [5.41, 5.74) is 0. The molecule has 1 aliphatic rings. The van der Waals surface area contributed by atoms with E-state index in [-0.39, 0.29) is 11.0 Å². The number of nitrogens with one attached hydrogen (secondary N) is 1. The van der Waals surface area contributed by atoms with Crippen molar-refractivity contribution in [3.05, 3.63) is 0 Å². The van der Waals surface area contributed by atoms with Crippen LogP contribution in [0.4, 0.5) is 8.78 Å². The topological polar surface area (TPSA) is 29.1 Å². The summed E-state index contributed by atoms with van der Waals surface area (Å²) in [5, 5.41) is 2.92. The molecule has 0 aromatic carbocycles. The molecule has 1 aliphatic heterocycles. The van der Waals surface area contributed by atoms with Gasteiger partial charge in [-0.15, -0.1) is 0 Å². The Morgan fingerprint density at radius 3 is 2.85 bits per heavy atom. The van der Waals surface area contributed by atoms with Crippen molar-refractivity contribution < 1.29 is 13.6 Å². The van der Waals surface area contributed by atoms with Gasteiger partial charge in [0.1, 0.15) is 0 Å². The van der Waals surface area contributed by atoms with Crippen LogP contribution in [0.1, 0.15) is 6.92 Å². The maximum absolute atomic E-state index is 12.4. The van der Waals surface area contributed by atoms with Crippen LogP contribution in [-0.2, 0) is 4.79 Å². The predicted octanol–water partition coefficient (Wildman–Crippen LogP) is 1.37. The molecule has 0 bridgehead atoms. The Bertz CT molecular complexity index is 189. The molecule has 0 aromatic rings. The lowest BCUT2D eigenvalue weighted by Crippen LogP contribution is -2.22. The molecule has 1 fully saturated rings. The van der Waals surface area contributed by atoms with Gasteiger partial charge in [-0.1, -0.05) is 11.8 Å². The van der Waals surface area contributed by atoms with Crippen molar-refractivity contribution >= 4 is 16.9 Å². The molecule has 2 atom stereocenters. The van der Waals surface area contributed by atoms with Crippen LogP contribution in [-0.4, -0.2) is 30.4 Å². The molecule has 1 N–H and O–H groups in total. The standard InChI is InChI=1S/C8H13F2NOS/c1-5(12)13-4-6-2-11-3-7(6)8(9)10/h6-8,11H,2-4H2,1H3. The molecule has 76 valence electrons. The van der Waals surface area contributed by atoms with Gasteiger partial charge in [0, 0.05) is 25.1 Å². The second kappa shape index (κ2) is 4.91. The Balaban J connectivity index is 2.35. The summed E-state index contributed by atoms with van der Waals surface area (Å²) >= 11 is 1.14. The fourth-order valence-corrected chi connectivity index (χ4v) is 2.27. The van der Waals surface area contributed by atoms with E-state index in [1.165, 1.54) is 6.92 Å². The van der Waals surface area contributed by atoms with Gasteiger partial charge in [0.15, 0.2) is 5.12 Å². The van der Waals surface area contributed by atoms with E-state index in [4.69, 9.17) is 0 Å². The third-order valence-corrected chi connectivity index (χ3v) is 3.22. The van der Waals surface area contributed by atoms with E-state index >= 15 is 0 Å². The number of hydrogen-bond acceptors (Lipinski definition) is 3. The van der Waals surface area contributed by atoms with Crippen LogP contribution in [0.5, 0.6) is 0 Å². The van der Waals surface area contributed by atoms with Gasteiger partial charge in [-0.25, -0.2) is 8.78 Å². The van der Waals surface area contributed by atoms with E-state index in [1.807, 2.05) is 0 Å². The first-order valence-electron chi connectivity index (χ1n) is 4.23. The first-order chi connectivity index (χ1) is 6.11. The monoisotopic (exact) mass is 209 g/mol. The minimum Gasteiger partial charge on any atom is -0.316 e. The highest BCUT2D eigenvalue weighted by atomic mass is 32.2. The van der Waals surface area contributed by atoms with Crippen molar-refractivity contribution in [1.29, 1.82) is 0 Å². The molecule has 0 amide bonds. The third kappa shape index (κ3) is 3.23. The van der Waals surface area contributed by atoms with Gasteiger partial charge in [-0.3, -0.25) is 4.79 Å². The average molecular weight is 209 g/mol. The number of hydrogen-bond donors (Lipinski definition) is 1. The fraction of sp³-hybridized carbons (Fsp3) is 0.875. The van der Waals surface area contributed by atoms with Gasteiger partial charge < -0.3 is 5.32 Å². The molecule has 0 spiro atoms. The highest BCUT2D eigenvalue weighted by molar-refractivity contribution is 8.13. The zero-order valence-electron chi connectivity index (χ0n) is 7.43. The molecular weight excluding hydrogens is 196 g/mol. The molecule has 0 aromatic heterocycles. The minimum atomic E-state index is -2.27. The molecule has 5 heteroatoms. The number of alkyl halides is 2. The van der Waals surface area contributed by atoms with Crippen LogP contribution in [0, 0.1) is 11.8 Å². The number of carbonyl (C=O) groups excluding carboxylic acids is 1. The van der Waals surface area contributed by atoms with Gasteiger partial charge in [0.2, 0.25) is 6.43 Å². The van der Waals surface area contributed by atoms with Crippen molar-refractivity contribution in [3.63, 3.8) is 0 Å². The summed E-state index contributed by atoms with van der Waals surface area (Å²) in [6.45, 7) is 2.44. The normalized spacial score (nSPS) is 28.3. The van der Waals surface area contributed by atoms with Crippen molar-refractivity contribution in [1.82, 2.24) is 5.32 Å². The Morgan fingerprint density at radius 2 is 2.31 bits per heavy atom. The van der Waals surface area contributed by atoms with Crippen LogP contribution >= 0.6 is 11.8 Å². The first-order valence-corrected chi connectivity index (χ1v) is 5.22. The molecule has 13 heavy (non-hydrogen) atoms. The van der Waals surface area contributed by atoms with Crippen LogP contribution in [0.15, 0.2) is 0 Å². The Kier molecular flexibility index (Phi) is 4.12. The van der Waals surface area contributed by atoms with Crippen molar-refractivity contribution in [2.45, 2.75) is 13.3 Å². The fourth-order valence-electron chi connectivity index (χ4n) is 1.46. The second-order valence-corrected chi connectivity index (χ2v) is 4.42. The van der Waals surface area contributed by atoms with Crippen LogP contribution in [0.25, 0.3) is 0 Å². The molecular formula is C8H13F2NOS. The summed E-state index contributed by atoms with van der Waals surface area (Å²) in [6.07, 6.45) is -2.27. The second-order valence-electron chi connectivity index (χ2n) is 3.22. The summed E-state index contributed by atoms with van der Waals surface area (Å²) in [7, 11) is 0. The van der Waals surface area contributed by atoms with E-state index in [1.54, 1.807) is 0 Å². The smallest absolute Gasteiger partial charge is 0.242 e. The van der Waals surface area contributed by atoms with Crippen LogP contribution in [0.2, 0.25) is 0 Å². The highest BCUT2D eigenvalue weighted by Crippen LogP contribution is 2.26. The van der Waals surface area contributed by atoms with E-state index in [2.05, 4.69) is 5.32 Å². The summed E-state index contributed by atoms with van der Waals surface area (Å²) in [4.78, 5) is 10.6. The Morgan fingerprint density at radius 1 is 1.62 bits per heavy atom. The number of thioether (sulfide) groups is 1. The lowest BCUT2D eigenvalue weighted by Gasteiger charge is -2.15. The van der Waals surface area contributed by atoms with Gasteiger partial charge in [0.25, 0.3) is 0 Å². The SMILES string of the molecule is CC(=O)SCC1CNCC1C(F)F. The number of halogens is 2. The van der Waals surface area contributed by atoms with Gasteiger partial charge in [-0.05, 0) is 12.5 Å². The van der Waals surface area contributed by atoms with E-state index in [9.17, 15) is 13.6 Å². The molecule has 1 saturated heterocycles. The molecule has 0 saturated carbocycles. The quantitative estimate of drug-likeness (QED) is 0.761. The zero-order chi connectivity index (χ0) is 9.84. The maximum atomic E-state index is 12.4. The average Bonchev–Trinajstić information content (AvgIpc) is 2.47. The predicted molar refractivity (Wildman–Crippen MR) is 49.0 cm³/mol. The van der Waals surface area contributed by atoms with Gasteiger partial charge >= 0.3 is 0 Å². The lowest BCUT2D eigenvalue weighted by atomic mass is 9.99. The van der Waals surface area contributed by atoms with Crippen molar-refractivity contribution in [3.8, 4) is 0 Å². The molecule has 0 aliphatic carbocycles. The number of rotatable bonds is 3. The highest BCUT2D eigenvalue weighted by Gasteiger charge is 2.33. The van der Waals surface area contributed by atoms with Crippen LogP contribution in [0.3, 0.4) is 0 Å². The molecule has 1 heterocycles. The Hall–Kier alpha value is -0.160. The summed E-state index contributed by atoms with van der Waals surface area (Å²) < 4.78 is 24.8. The zero-order valence-corrected chi connectivity index (χ0v) is 8.24. The van der Waals surface area contributed by atoms with Gasteiger partial charge in [0.05, 0.1) is 0 Å². The summed E-state index contributed by atoms with van der Waals surface area (Å²) in [5.74, 6) is -0.127. The largest absolute Gasteiger partial charge is 0.316 e. The maximum Gasteiger partial charge on any atom is 0.242 e. The van der Waals surface area contributed by atoms with Crippen molar-refractivity contribution in [2.75, 3.05) is 18.8 Å². The molecule has 1 rings (SSSR count). The van der Waals surface area contributed by atoms with E-state index in [0.29, 0.717) is 18.8 Å². The summed E-state index contributed by atoms with van der Waals surface area (Å²) in [6, 6.07) is 0. The van der Waals surface area contributed by atoms with Crippen molar-refractivity contribution in [2.24, 2.45) is 11.8 Å². The lowest BCUT2D eigenvalue weighted by molar-refractivity contribution is -0.109. The third-order valence-electron chi connectivity index (χ3n) is 2.22. The Labute approximate surface area is 80.5 Å². The van der Waals surface area contributed by atoms with E-state index in [0.717, 1.165) is 11.8 Å². The van der Waals surface area contributed by atoms with Crippen LogP contribution < -0.4 is 5.32 Å². The molecule has 2 unspecified atom stereocenters. The molecule has 0 radical (unpaired) electrons. The molecule has 2 nitrogen and oxygen atoms in total. The number of carbonyl (C=O) groups is 1.